The fourth-order valence-corrected chi connectivity index (χ4v) is 9.97. The van der Waals surface area contributed by atoms with Crippen molar-refractivity contribution in [1.82, 2.24) is 0 Å². The molecular weight excluding hydrogens is 777 g/mol. The van der Waals surface area contributed by atoms with E-state index in [1.165, 1.54) is 11.1 Å². The second kappa shape index (κ2) is 18.2. The Hall–Kier alpha value is -5.96. The number of rotatable bonds is 0. The van der Waals surface area contributed by atoms with Crippen LogP contribution in [-0.4, -0.2) is 60.1 Å². The van der Waals surface area contributed by atoms with Crippen LogP contribution in [0.25, 0.3) is 32.7 Å². The van der Waals surface area contributed by atoms with Gasteiger partial charge in [-0.2, -0.15) is 0 Å². The molecule has 1 aliphatic heterocycles. The fourth-order valence-electron chi connectivity index (χ4n) is 9.97. The lowest BCUT2D eigenvalue weighted by atomic mass is 9.77. The number of ether oxygens (including phenoxy) is 4. The average Bonchev–Trinajstić information content (AvgIpc) is 3.27. The zero-order valence-electron chi connectivity index (χ0n) is 35.5. The largest absolute Gasteiger partial charge is 0.507 e. The summed E-state index contributed by atoms with van der Waals surface area (Å²) in [6.07, 6.45) is 9.08. The number of phenols is 4. The molecule has 6 aromatic carbocycles. The summed E-state index contributed by atoms with van der Waals surface area (Å²) in [5, 5.41) is 52.1. The van der Waals surface area contributed by atoms with Gasteiger partial charge in [0.1, 0.15) is 24.7 Å². The van der Waals surface area contributed by atoms with Crippen LogP contribution in [0.3, 0.4) is 0 Å². The molecule has 4 N–H and O–H groups in total. The number of benzene rings is 6. The third-order valence-electron chi connectivity index (χ3n) is 12.9. The van der Waals surface area contributed by atoms with Crippen molar-refractivity contribution < 1.29 is 39.4 Å². The molecule has 3 aliphatic rings. The van der Waals surface area contributed by atoms with Gasteiger partial charge in [-0.3, -0.25) is 0 Å². The molecule has 8 bridgehead atoms. The maximum absolute atomic E-state index is 12.5. The number of fused-ring (bicyclic) bond motifs is 17. The Morgan fingerprint density at radius 2 is 0.806 bits per heavy atom. The van der Waals surface area contributed by atoms with E-state index in [2.05, 4.69) is 25.3 Å². The van der Waals surface area contributed by atoms with E-state index in [1.54, 1.807) is 0 Å². The summed E-state index contributed by atoms with van der Waals surface area (Å²) in [4.78, 5) is 0. The molecule has 0 spiro atoms. The van der Waals surface area contributed by atoms with E-state index in [0.717, 1.165) is 129 Å². The number of allylic oxidation sites excluding steroid dienone is 2. The minimum atomic E-state index is 0.0659. The Balaban J connectivity index is 1.13. The van der Waals surface area contributed by atoms with Crippen LogP contribution >= 0.6 is 0 Å². The van der Waals surface area contributed by atoms with Gasteiger partial charge in [0.2, 0.25) is 0 Å². The van der Waals surface area contributed by atoms with Crippen LogP contribution in [0, 0.1) is 0 Å². The summed E-state index contributed by atoms with van der Waals surface area (Å²) in [6.45, 7) is 10.8. The molecule has 0 unspecified atom stereocenters. The van der Waals surface area contributed by atoms with Gasteiger partial charge in [-0.05, 0) is 144 Å². The van der Waals surface area contributed by atoms with E-state index < -0.39 is 0 Å². The molecule has 1 heterocycles. The number of hydrogen-bond donors (Lipinski definition) is 4. The highest BCUT2D eigenvalue weighted by atomic mass is 16.6. The first kappa shape index (κ1) is 41.4. The molecule has 0 aromatic heterocycles. The van der Waals surface area contributed by atoms with E-state index in [4.69, 9.17) is 18.9 Å². The monoisotopic (exact) mass is 832 g/mol. The average molecular weight is 833 g/mol. The summed E-state index contributed by atoms with van der Waals surface area (Å²) in [7, 11) is 0. The highest BCUT2D eigenvalue weighted by Gasteiger charge is 2.29. The van der Waals surface area contributed by atoms with Crippen molar-refractivity contribution in [2.75, 3.05) is 39.6 Å². The van der Waals surface area contributed by atoms with Crippen molar-refractivity contribution in [1.29, 1.82) is 0 Å². The third-order valence-corrected chi connectivity index (χ3v) is 12.9. The van der Waals surface area contributed by atoms with Crippen molar-refractivity contribution in [3.05, 3.63) is 142 Å². The Bertz CT molecular complexity index is 2510. The van der Waals surface area contributed by atoms with Gasteiger partial charge in [0.05, 0.1) is 26.4 Å². The van der Waals surface area contributed by atoms with Gasteiger partial charge in [0, 0.05) is 22.3 Å². The summed E-state index contributed by atoms with van der Waals surface area (Å²) >= 11 is 0. The minimum absolute atomic E-state index is 0.0659. The van der Waals surface area contributed by atoms with Crippen molar-refractivity contribution in [3.8, 4) is 45.6 Å². The summed E-state index contributed by atoms with van der Waals surface area (Å²) < 4.78 is 23.8. The Labute approximate surface area is 363 Å². The van der Waals surface area contributed by atoms with Gasteiger partial charge in [-0.15, -0.1) is 0 Å². The van der Waals surface area contributed by atoms with Gasteiger partial charge in [0.15, 0.2) is 23.0 Å². The van der Waals surface area contributed by atoms with E-state index in [1.807, 2.05) is 60.7 Å². The van der Waals surface area contributed by atoms with Crippen LogP contribution < -0.4 is 9.47 Å². The van der Waals surface area contributed by atoms with Crippen LogP contribution in [0.15, 0.2) is 97.1 Å². The van der Waals surface area contributed by atoms with Crippen LogP contribution in [0.1, 0.15) is 70.2 Å². The molecule has 0 amide bonds. The predicted molar refractivity (Wildman–Crippen MR) is 245 cm³/mol. The molecule has 8 heteroatoms. The van der Waals surface area contributed by atoms with Crippen molar-refractivity contribution in [3.63, 3.8) is 0 Å². The second-order valence-corrected chi connectivity index (χ2v) is 17.2. The lowest BCUT2D eigenvalue weighted by Crippen LogP contribution is -2.14. The summed E-state index contributed by atoms with van der Waals surface area (Å²) in [5.74, 6) is 1.25. The maximum atomic E-state index is 12.5. The lowest BCUT2D eigenvalue weighted by Gasteiger charge is -2.28. The number of aromatic hydroxyl groups is 4. The quantitative estimate of drug-likeness (QED) is 0.112. The zero-order valence-corrected chi connectivity index (χ0v) is 35.5. The SMILES string of the molecule is C=C1Cc2cc3c(c(c2O)-c2c(O)c(cc4c2CCCC4)CC(=C)Cc2c(O)c(cc4ccccc24)OCCOCCOCCOc2cc4ccccc4c(c2O)C1)CCCC3. The Morgan fingerprint density at radius 1 is 0.403 bits per heavy atom. The van der Waals surface area contributed by atoms with E-state index in [9.17, 15) is 20.4 Å². The molecule has 0 fully saturated rings. The van der Waals surface area contributed by atoms with E-state index in [-0.39, 0.29) is 36.2 Å². The normalized spacial score (nSPS) is 17.0. The molecule has 2 aliphatic carbocycles. The molecule has 9 rings (SSSR count). The third kappa shape index (κ3) is 8.34. The minimum Gasteiger partial charge on any atom is -0.507 e. The molecule has 62 heavy (non-hydrogen) atoms. The smallest absolute Gasteiger partial charge is 0.161 e. The van der Waals surface area contributed by atoms with Crippen LogP contribution in [0.4, 0.5) is 0 Å². The van der Waals surface area contributed by atoms with Crippen molar-refractivity contribution >= 4 is 21.5 Å². The topological polar surface area (TPSA) is 118 Å². The highest BCUT2D eigenvalue weighted by Crippen LogP contribution is 2.50. The first-order chi connectivity index (χ1) is 30.2. The van der Waals surface area contributed by atoms with Gasteiger partial charge in [0.25, 0.3) is 0 Å². The number of hydrogen-bond acceptors (Lipinski definition) is 8. The Kier molecular flexibility index (Phi) is 12.1. The molecule has 0 atom stereocenters. The van der Waals surface area contributed by atoms with Crippen LogP contribution in [-0.2, 0) is 60.8 Å². The standard InChI is InChI=1S/C54H56O8/c1-33-25-39-29-35-11-5-9-17-43(35)49(51(39)55)50-44-18-10-6-12-36(44)30-40(52(50)56)26-34(2)28-46-42-16-8-4-14-38(42)32-48(54(46)58)62-24-22-60-20-19-59-21-23-61-47-31-37-13-3-7-15-41(37)45(27-33)53(47)57/h3-4,7-8,13-16,29-32,55-58H,1-2,5-6,9-12,17-28H2. The van der Waals surface area contributed by atoms with Gasteiger partial charge in [-0.25, -0.2) is 0 Å². The molecule has 320 valence electrons. The fraction of sp³-hybridized carbons (Fsp3) is 0.333. The van der Waals surface area contributed by atoms with Gasteiger partial charge in [-0.1, -0.05) is 85.0 Å². The second-order valence-electron chi connectivity index (χ2n) is 17.2. The molecule has 0 saturated carbocycles. The van der Waals surface area contributed by atoms with Gasteiger partial charge < -0.3 is 39.4 Å². The highest BCUT2D eigenvalue weighted by molar-refractivity contribution is 5.91. The molecular formula is C54H56O8. The summed E-state index contributed by atoms with van der Waals surface area (Å²) in [6, 6.07) is 23.9. The predicted octanol–water partition coefficient (Wildman–Crippen LogP) is 10.7. The number of aryl methyl sites for hydroxylation is 2. The van der Waals surface area contributed by atoms with Crippen LogP contribution in [0.5, 0.6) is 34.5 Å². The molecule has 0 radical (unpaired) electrons. The van der Waals surface area contributed by atoms with Crippen molar-refractivity contribution in [2.45, 2.75) is 77.0 Å². The maximum Gasteiger partial charge on any atom is 0.161 e. The van der Waals surface area contributed by atoms with Crippen LogP contribution in [0.2, 0.25) is 0 Å². The van der Waals surface area contributed by atoms with E-state index in [0.29, 0.717) is 63.6 Å². The van der Waals surface area contributed by atoms with Gasteiger partial charge >= 0.3 is 0 Å². The van der Waals surface area contributed by atoms with Crippen molar-refractivity contribution in [2.24, 2.45) is 0 Å². The number of phenolic OH excluding ortho intramolecular Hbond substituents is 4. The molecule has 8 nitrogen and oxygen atoms in total. The zero-order chi connectivity index (χ0) is 42.7. The Morgan fingerprint density at radius 3 is 1.26 bits per heavy atom. The van der Waals surface area contributed by atoms with E-state index >= 15 is 0 Å². The molecule has 0 saturated heterocycles. The lowest BCUT2D eigenvalue weighted by molar-refractivity contribution is 0.0269. The summed E-state index contributed by atoms with van der Waals surface area (Å²) in [5.41, 5.74) is 10.7. The molecule has 6 aromatic rings. The first-order valence-corrected chi connectivity index (χ1v) is 22.2. The first-order valence-electron chi connectivity index (χ1n) is 22.2.